The minimum absolute atomic E-state index is 0.0809. The number of nitrogens with zero attached hydrogens (tertiary/aromatic N) is 1. The van der Waals surface area contributed by atoms with Crippen molar-refractivity contribution in [3.05, 3.63) is 28.8 Å². The molecule has 1 aromatic rings. The average Bonchev–Trinajstić information content (AvgIpc) is 2.37. The summed E-state index contributed by atoms with van der Waals surface area (Å²) in [7, 11) is 0. The van der Waals surface area contributed by atoms with Crippen LogP contribution in [0.3, 0.4) is 0 Å². The normalized spacial score (nSPS) is 19.5. The van der Waals surface area contributed by atoms with Gasteiger partial charge in [-0.25, -0.2) is 0 Å². The lowest BCUT2D eigenvalue weighted by molar-refractivity contribution is -0.132. The predicted molar refractivity (Wildman–Crippen MR) is 71.9 cm³/mol. The van der Waals surface area contributed by atoms with Crippen LogP contribution >= 0.6 is 11.6 Å². The van der Waals surface area contributed by atoms with Crippen LogP contribution in [-0.4, -0.2) is 29.5 Å². The lowest BCUT2D eigenvalue weighted by Crippen LogP contribution is -2.58. The molecule has 1 aliphatic heterocycles. The van der Waals surface area contributed by atoms with E-state index in [-0.39, 0.29) is 25.0 Å². The van der Waals surface area contributed by atoms with E-state index in [1.807, 2.05) is 6.92 Å². The van der Waals surface area contributed by atoms with Gasteiger partial charge in [-0.15, -0.1) is 0 Å². The smallest absolute Gasteiger partial charge is 0.249 e. The molecule has 5 nitrogen and oxygen atoms in total. The maximum absolute atomic E-state index is 11.8. The summed E-state index contributed by atoms with van der Waals surface area (Å²) in [5.41, 5.74) is 1.16. The molecule has 0 bridgehead atoms. The Balaban J connectivity index is 2.46. The van der Waals surface area contributed by atoms with Crippen LogP contribution < -0.4 is 10.2 Å². The quantitative estimate of drug-likeness (QED) is 0.814. The summed E-state index contributed by atoms with van der Waals surface area (Å²) >= 11 is 6.04. The van der Waals surface area contributed by atoms with Crippen molar-refractivity contribution in [1.82, 2.24) is 5.32 Å². The second-order valence-corrected chi connectivity index (χ2v) is 4.77. The maximum atomic E-state index is 11.8. The second-order valence-electron chi connectivity index (χ2n) is 4.36. The van der Waals surface area contributed by atoms with Crippen molar-refractivity contribution in [3.8, 4) is 0 Å². The van der Waals surface area contributed by atoms with Crippen molar-refractivity contribution in [2.75, 3.05) is 11.4 Å². The van der Waals surface area contributed by atoms with Gasteiger partial charge in [0.15, 0.2) is 0 Å². The van der Waals surface area contributed by atoms with Crippen LogP contribution in [-0.2, 0) is 16.2 Å². The number of aliphatic hydroxyl groups excluding tert-OH is 1. The first-order chi connectivity index (χ1) is 9.08. The van der Waals surface area contributed by atoms with Gasteiger partial charge >= 0.3 is 0 Å². The average molecular weight is 283 g/mol. The summed E-state index contributed by atoms with van der Waals surface area (Å²) in [6.07, 6.45) is 0.566. The molecule has 2 rings (SSSR count). The number of rotatable bonds is 3. The first-order valence-electron chi connectivity index (χ1n) is 6.07. The zero-order valence-electron chi connectivity index (χ0n) is 10.5. The summed E-state index contributed by atoms with van der Waals surface area (Å²) in [4.78, 5) is 25.1. The Labute approximate surface area is 116 Å². The molecule has 1 fully saturated rings. The summed E-state index contributed by atoms with van der Waals surface area (Å²) in [6.45, 7) is 1.71. The van der Waals surface area contributed by atoms with Gasteiger partial charge in [0.2, 0.25) is 11.8 Å². The zero-order chi connectivity index (χ0) is 14.0. The second kappa shape index (κ2) is 5.59. The number of aliphatic hydroxyl groups is 1. The molecule has 0 aliphatic carbocycles. The highest BCUT2D eigenvalue weighted by Crippen LogP contribution is 2.30. The Bertz CT molecular complexity index is 519. The van der Waals surface area contributed by atoms with Gasteiger partial charge in [0.1, 0.15) is 6.04 Å². The minimum Gasteiger partial charge on any atom is -0.392 e. The minimum atomic E-state index is -0.429. The van der Waals surface area contributed by atoms with E-state index in [9.17, 15) is 14.7 Å². The Morgan fingerprint density at radius 3 is 2.84 bits per heavy atom. The topological polar surface area (TPSA) is 69.6 Å². The van der Waals surface area contributed by atoms with Crippen molar-refractivity contribution < 1.29 is 14.7 Å². The molecule has 2 amide bonds. The number of hydrogen-bond acceptors (Lipinski definition) is 4. The molecule has 102 valence electrons. The number of piperazine rings is 1. The van der Waals surface area contributed by atoms with Crippen LogP contribution in [0.4, 0.5) is 5.69 Å². The van der Waals surface area contributed by atoms with E-state index in [2.05, 4.69) is 5.32 Å². The molecular formula is C13H15ClN2O3. The molecule has 19 heavy (non-hydrogen) atoms. The first kappa shape index (κ1) is 13.8. The van der Waals surface area contributed by atoms with E-state index in [0.717, 1.165) is 0 Å². The summed E-state index contributed by atoms with van der Waals surface area (Å²) < 4.78 is 0. The number of hydrogen-bond donors (Lipinski definition) is 2. The molecule has 0 spiro atoms. The number of halogens is 1. The van der Waals surface area contributed by atoms with E-state index in [1.54, 1.807) is 23.1 Å². The van der Waals surface area contributed by atoms with Crippen molar-refractivity contribution in [3.63, 3.8) is 0 Å². The number of imide groups is 1. The highest BCUT2D eigenvalue weighted by molar-refractivity contribution is 6.31. The molecule has 1 saturated heterocycles. The molecule has 1 aliphatic rings. The number of carbonyl (C=O) groups is 2. The lowest BCUT2D eigenvalue weighted by atomic mass is 10.1. The van der Waals surface area contributed by atoms with E-state index >= 15 is 0 Å². The number of nitrogens with one attached hydrogen (secondary N) is 1. The Kier molecular flexibility index (Phi) is 4.07. The Hall–Kier alpha value is -1.59. The SMILES string of the molecule is CCC1C(=O)NC(=O)CN1c1cccc(Cl)c1CO. The summed E-state index contributed by atoms with van der Waals surface area (Å²) in [6, 6.07) is 4.73. The van der Waals surface area contributed by atoms with E-state index in [4.69, 9.17) is 11.6 Å². The fourth-order valence-electron chi connectivity index (χ4n) is 2.30. The number of anilines is 1. The standard InChI is InChI=1S/C13H15ClN2O3/c1-2-10-13(19)15-12(18)6-16(10)11-5-3-4-9(14)8(11)7-17/h3-5,10,17H,2,6-7H2,1H3,(H,15,18,19). The molecule has 0 aromatic heterocycles. The van der Waals surface area contributed by atoms with Gasteiger partial charge in [-0.2, -0.15) is 0 Å². The van der Waals surface area contributed by atoms with Crippen LogP contribution in [0.25, 0.3) is 0 Å². The van der Waals surface area contributed by atoms with Crippen LogP contribution in [0.5, 0.6) is 0 Å². The van der Waals surface area contributed by atoms with Gasteiger partial charge in [-0.1, -0.05) is 24.6 Å². The fourth-order valence-corrected chi connectivity index (χ4v) is 2.53. The van der Waals surface area contributed by atoms with Gasteiger partial charge in [-0.05, 0) is 18.6 Å². The van der Waals surface area contributed by atoms with E-state index in [0.29, 0.717) is 22.7 Å². The molecule has 1 atom stereocenters. The lowest BCUT2D eigenvalue weighted by Gasteiger charge is -2.36. The monoisotopic (exact) mass is 282 g/mol. The largest absolute Gasteiger partial charge is 0.392 e. The van der Waals surface area contributed by atoms with Crippen LogP contribution in [0.2, 0.25) is 5.02 Å². The highest BCUT2D eigenvalue weighted by atomic mass is 35.5. The van der Waals surface area contributed by atoms with Crippen LogP contribution in [0.15, 0.2) is 18.2 Å². The van der Waals surface area contributed by atoms with E-state index in [1.165, 1.54) is 0 Å². The molecule has 6 heteroatoms. The third-order valence-electron chi connectivity index (χ3n) is 3.20. The van der Waals surface area contributed by atoms with Crippen molar-refractivity contribution >= 4 is 29.1 Å². The molecule has 2 N–H and O–H groups in total. The molecule has 0 radical (unpaired) electrons. The first-order valence-corrected chi connectivity index (χ1v) is 6.44. The Morgan fingerprint density at radius 2 is 2.21 bits per heavy atom. The molecular weight excluding hydrogens is 268 g/mol. The van der Waals surface area contributed by atoms with Gasteiger partial charge < -0.3 is 10.0 Å². The fraction of sp³-hybridized carbons (Fsp3) is 0.385. The molecule has 1 unspecified atom stereocenters. The third-order valence-corrected chi connectivity index (χ3v) is 3.56. The molecule has 1 aromatic carbocycles. The Morgan fingerprint density at radius 1 is 1.47 bits per heavy atom. The third kappa shape index (κ3) is 2.57. The van der Waals surface area contributed by atoms with Gasteiger partial charge in [-0.3, -0.25) is 14.9 Å². The summed E-state index contributed by atoms with van der Waals surface area (Å²) in [5, 5.41) is 12.2. The number of amides is 2. The van der Waals surface area contributed by atoms with Gasteiger partial charge in [0.25, 0.3) is 0 Å². The predicted octanol–water partition coefficient (Wildman–Crippen LogP) is 1.07. The van der Waals surface area contributed by atoms with Gasteiger partial charge in [0, 0.05) is 16.3 Å². The zero-order valence-corrected chi connectivity index (χ0v) is 11.3. The molecule has 0 saturated carbocycles. The van der Waals surface area contributed by atoms with Crippen molar-refractivity contribution in [2.45, 2.75) is 26.0 Å². The van der Waals surface area contributed by atoms with Crippen molar-refractivity contribution in [2.24, 2.45) is 0 Å². The number of carbonyl (C=O) groups excluding carboxylic acids is 2. The number of benzene rings is 1. The summed E-state index contributed by atoms with van der Waals surface area (Å²) in [5.74, 6) is -0.666. The van der Waals surface area contributed by atoms with E-state index < -0.39 is 6.04 Å². The van der Waals surface area contributed by atoms with Crippen LogP contribution in [0.1, 0.15) is 18.9 Å². The molecule has 1 heterocycles. The maximum Gasteiger partial charge on any atom is 0.249 e. The highest BCUT2D eigenvalue weighted by Gasteiger charge is 2.33. The van der Waals surface area contributed by atoms with Crippen molar-refractivity contribution in [1.29, 1.82) is 0 Å². The van der Waals surface area contributed by atoms with Gasteiger partial charge in [0.05, 0.1) is 13.2 Å². The van der Waals surface area contributed by atoms with Crippen LogP contribution in [0, 0.1) is 0 Å².